The van der Waals surface area contributed by atoms with Gasteiger partial charge in [0.15, 0.2) is 1.41 Å². The lowest BCUT2D eigenvalue weighted by molar-refractivity contribution is 0.571. The number of benzene rings is 1. The van der Waals surface area contributed by atoms with Gasteiger partial charge in [0.05, 0.1) is 12.0 Å². The minimum absolute atomic E-state index is 0.0615. The molecule has 0 saturated carbocycles. The van der Waals surface area contributed by atoms with Crippen molar-refractivity contribution in [3.8, 4) is 0 Å². The summed E-state index contributed by atoms with van der Waals surface area (Å²) in [5.41, 5.74) is 0.771. The van der Waals surface area contributed by atoms with Gasteiger partial charge in [-0.3, -0.25) is 9.59 Å². The molecule has 0 unspecified atom stereocenters. The average molecular weight is 337 g/mol. The molecule has 1 aromatic carbocycles. The van der Waals surface area contributed by atoms with Gasteiger partial charge in [-0.05, 0) is 17.7 Å². The molecular formula is C19H20N4O2. The molecule has 3 N–H and O–H groups in total. The van der Waals surface area contributed by atoms with E-state index in [0.717, 1.165) is 11.3 Å². The van der Waals surface area contributed by atoms with Crippen LogP contribution in [0.1, 0.15) is 37.7 Å². The lowest BCUT2D eigenvalue weighted by Gasteiger charge is -2.16. The highest BCUT2D eigenvalue weighted by Gasteiger charge is 2.19. The first-order chi connectivity index (χ1) is 12.3. The number of hydrogen-bond acceptors (Lipinski definition) is 3. The summed E-state index contributed by atoms with van der Waals surface area (Å²) in [7, 11) is 0. The lowest BCUT2D eigenvalue weighted by atomic mass is 9.90. The Labute approximate surface area is 145 Å². The summed E-state index contributed by atoms with van der Waals surface area (Å²) in [5.74, 6) is 0. The molecular weight excluding hydrogens is 316 g/mol. The zero-order valence-electron chi connectivity index (χ0n) is 15.3. The second kappa shape index (κ2) is 6.39. The molecule has 0 spiro atoms. The minimum Gasteiger partial charge on any atom is -0.348 e. The molecule has 0 saturated heterocycles. The first-order valence-corrected chi connectivity index (χ1v) is 7.94. The smallest absolute Gasteiger partial charge is 0.272 e. The summed E-state index contributed by atoms with van der Waals surface area (Å²) in [5, 5.41) is -0.00997. The predicted molar refractivity (Wildman–Crippen MR) is 97.8 cm³/mol. The van der Waals surface area contributed by atoms with Crippen LogP contribution in [0.5, 0.6) is 0 Å². The second-order valence-corrected chi connectivity index (χ2v) is 6.78. The Morgan fingerprint density at radius 1 is 1.04 bits per heavy atom. The SMILES string of the molecule is [2H]n1c(=O)c(=Cc2ccccc2)[nH]c(=O)c1=Cc1nc[nH]c1C(C)(C)C. The molecule has 2 aromatic heterocycles. The van der Waals surface area contributed by atoms with E-state index in [-0.39, 0.29) is 16.1 Å². The molecule has 25 heavy (non-hydrogen) atoms. The van der Waals surface area contributed by atoms with Gasteiger partial charge in [0, 0.05) is 11.1 Å². The van der Waals surface area contributed by atoms with Gasteiger partial charge in [-0.1, -0.05) is 51.1 Å². The number of imidazole rings is 1. The largest absolute Gasteiger partial charge is 0.348 e. The van der Waals surface area contributed by atoms with Crippen LogP contribution in [-0.2, 0) is 5.41 Å². The molecule has 0 amide bonds. The monoisotopic (exact) mass is 337 g/mol. The molecule has 6 nitrogen and oxygen atoms in total. The van der Waals surface area contributed by atoms with E-state index in [1.54, 1.807) is 6.08 Å². The highest BCUT2D eigenvalue weighted by atomic mass is 16.1. The normalized spacial score (nSPS) is 14.0. The Morgan fingerprint density at radius 3 is 2.44 bits per heavy atom. The Bertz CT molecular complexity index is 1170. The highest BCUT2D eigenvalue weighted by Crippen LogP contribution is 2.22. The van der Waals surface area contributed by atoms with Crippen molar-refractivity contribution in [2.24, 2.45) is 0 Å². The number of nitrogens with zero attached hydrogens (tertiary/aromatic N) is 1. The summed E-state index contributed by atoms with van der Waals surface area (Å²) in [6.45, 7) is 6.02. The number of nitrogens with one attached hydrogen (secondary N) is 3. The first-order valence-electron chi connectivity index (χ1n) is 8.39. The molecule has 128 valence electrons. The second-order valence-electron chi connectivity index (χ2n) is 6.78. The Morgan fingerprint density at radius 2 is 1.76 bits per heavy atom. The van der Waals surface area contributed by atoms with Gasteiger partial charge < -0.3 is 14.9 Å². The highest BCUT2D eigenvalue weighted by molar-refractivity contribution is 5.49. The van der Waals surface area contributed by atoms with Crippen molar-refractivity contribution >= 4 is 12.2 Å². The van der Waals surface area contributed by atoms with E-state index in [9.17, 15) is 9.59 Å². The third-order valence-electron chi connectivity index (χ3n) is 3.74. The van der Waals surface area contributed by atoms with Crippen LogP contribution in [0.15, 0.2) is 46.2 Å². The van der Waals surface area contributed by atoms with Gasteiger partial charge in [0.25, 0.3) is 11.1 Å². The van der Waals surface area contributed by atoms with Crippen LogP contribution in [0.4, 0.5) is 0 Å². The molecule has 6 heteroatoms. The summed E-state index contributed by atoms with van der Waals surface area (Å²) in [4.78, 5) is 35.4. The van der Waals surface area contributed by atoms with Crippen LogP contribution in [0.25, 0.3) is 12.2 Å². The average Bonchev–Trinajstić information content (AvgIpc) is 3.06. The fourth-order valence-electron chi connectivity index (χ4n) is 2.52. The third-order valence-corrected chi connectivity index (χ3v) is 3.74. The quantitative estimate of drug-likeness (QED) is 0.644. The molecule has 0 radical (unpaired) electrons. The maximum atomic E-state index is 12.5. The van der Waals surface area contributed by atoms with Crippen LogP contribution >= 0.6 is 0 Å². The topological polar surface area (TPSA) is 94.4 Å². The molecule has 0 bridgehead atoms. The molecule has 0 fully saturated rings. The van der Waals surface area contributed by atoms with E-state index in [1.807, 2.05) is 51.1 Å². The van der Waals surface area contributed by atoms with Crippen molar-refractivity contribution in [3.05, 3.63) is 85.0 Å². The van der Waals surface area contributed by atoms with E-state index in [0.29, 0.717) is 10.7 Å². The van der Waals surface area contributed by atoms with Crippen molar-refractivity contribution in [1.82, 2.24) is 19.9 Å². The molecule has 2 heterocycles. The van der Waals surface area contributed by atoms with E-state index in [2.05, 4.69) is 15.0 Å². The van der Waals surface area contributed by atoms with E-state index >= 15 is 0 Å². The van der Waals surface area contributed by atoms with Crippen molar-refractivity contribution in [3.63, 3.8) is 0 Å². The van der Waals surface area contributed by atoms with Gasteiger partial charge >= 0.3 is 0 Å². The molecule has 3 rings (SSSR count). The Balaban J connectivity index is 2.23. The Hall–Kier alpha value is -3.15. The maximum absolute atomic E-state index is 12.5. The minimum atomic E-state index is -0.604. The van der Waals surface area contributed by atoms with Gasteiger partial charge in [-0.15, -0.1) is 0 Å². The van der Waals surface area contributed by atoms with Gasteiger partial charge in [-0.2, -0.15) is 0 Å². The fraction of sp³-hybridized carbons (Fsp3) is 0.211. The number of H-pyrrole nitrogens is 3. The summed E-state index contributed by atoms with van der Waals surface area (Å²) in [6, 6.07) is 9.14. The van der Waals surface area contributed by atoms with Crippen LogP contribution < -0.4 is 21.8 Å². The standard InChI is InChI=1S/C19H20N4O2/c1-19(2,3)16-13(20-11-21-16)10-15-18(25)22-14(17(24)23-15)9-12-7-5-4-6-8-12/h4-11H,1-3H3,(H,20,21)(H,22,25)(H,23,24)/i/hD. The van der Waals surface area contributed by atoms with Gasteiger partial charge in [0.2, 0.25) is 0 Å². The van der Waals surface area contributed by atoms with Gasteiger partial charge in [-0.25, -0.2) is 4.98 Å². The first kappa shape index (κ1) is 15.4. The Kier molecular flexibility index (Phi) is 3.93. The molecule has 0 aliphatic rings. The summed E-state index contributed by atoms with van der Waals surface area (Å²) < 4.78 is 8.07. The molecule has 0 aliphatic carbocycles. The summed E-state index contributed by atoms with van der Waals surface area (Å²) in [6.07, 6.45) is 4.54. The third kappa shape index (κ3) is 3.68. The molecule has 0 aliphatic heterocycles. The zero-order chi connectivity index (χ0) is 18.9. The fourth-order valence-corrected chi connectivity index (χ4v) is 2.52. The molecule has 0 atom stereocenters. The van der Waals surface area contributed by atoms with Crippen LogP contribution in [-0.4, -0.2) is 19.9 Å². The number of rotatable bonds is 2. The maximum Gasteiger partial charge on any atom is 0.272 e. The number of aromatic nitrogens is 4. The van der Waals surface area contributed by atoms with Crippen LogP contribution in [0.2, 0.25) is 1.41 Å². The van der Waals surface area contributed by atoms with E-state index in [1.165, 1.54) is 12.4 Å². The van der Waals surface area contributed by atoms with E-state index in [4.69, 9.17) is 1.41 Å². The zero-order valence-corrected chi connectivity index (χ0v) is 14.3. The van der Waals surface area contributed by atoms with Crippen molar-refractivity contribution in [2.45, 2.75) is 26.2 Å². The van der Waals surface area contributed by atoms with Crippen LogP contribution in [0, 0.1) is 0 Å². The molecule has 3 aromatic rings. The van der Waals surface area contributed by atoms with Crippen molar-refractivity contribution in [1.29, 1.82) is 0 Å². The predicted octanol–water partition coefficient (Wildman–Crippen LogP) is 0.741. The van der Waals surface area contributed by atoms with Crippen molar-refractivity contribution in [2.75, 3.05) is 0 Å². The summed E-state index contributed by atoms with van der Waals surface area (Å²) >= 11 is 0. The number of hydrogen-bond donors (Lipinski definition) is 3. The van der Waals surface area contributed by atoms with Crippen LogP contribution in [0.3, 0.4) is 0 Å². The van der Waals surface area contributed by atoms with E-state index < -0.39 is 11.1 Å². The van der Waals surface area contributed by atoms with Gasteiger partial charge in [0.1, 0.15) is 10.7 Å². The lowest BCUT2D eigenvalue weighted by Crippen LogP contribution is -2.46. The van der Waals surface area contributed by atoms with Crippen molar-refractivity contribution < 1.29 is 1.41 Å². The number of aromatic amines is 3.